The lowest BCUT2D eigenvalue weighted by atomic mass is 10.2. The van der Waals surface area contributed by atoms with Crippen LogP contribution in [0.3, 0.4) is 0 Å². The van der Waals surface area contributed by atoms with E-state index in [0.717, 1.165) is 23.9 Å². The number of rotatable bonds is 8. The van der Waals surface area contributed by atoms with Crippen molar-refractivity contribution in [2.75, 3.05) is 39.7 Å². The van der Waals surface area contributed by atoms with E-state index in [1.54, 1.807) is 13.2 Å². The minimum Gasteiger partial charge on any atom is -0.493 e. The summed E-state index contributed by atoms with van der Waals surface area (Å²) in [7, 11) is 5.68. The number of methoxy groups -OCH3 is 1. The van der Waals surface area contributed by atoms with Crippen molar-refractivity contribution in [3.05, 3.63) is 53.3 Å². The zero-order valence-electron chi connectivity index (χ0n) is 16.1. The van der Waals surface area contributed by atoms with Gasteiger partial charge in [-0.3, -0.25) is 0 Å². The number of aromatic nitrogens is 1. The van der Waals surface area contributed by atoms with Crippen LogP contribution in [0, 0.1) is 5.82 Å². The molecule has 7 heteroatoms. The maximum Gasteiger partial charge on any atom is 0.163 e. The van der Waals surface area contributed by atoms with E-state index in [2.05, 4.69) is 15.2 Å². The Balaban J connectivity index is 1.82. The molecule has 0 bridgehead atoms. The molecule has 0 aliphatic carbocycles. The van der Waals surface area contributed by atoms with E-state index >= 15 is 0 Å². The molecule has 1 heterocycles. The highest BCUT2D eigenvalue weighted by molar-refractivity contribution is 6.31. The van der Waals surface area contributed by atoms with Crippen LogP contribution in [0.15, 0.2) is 42.5 Å². The summed E-state index contributed by atoms with van der Waals surface area (Å²) in [5.74, 6) is 1.49. The van der Waals surface area contributed by atoms with Gasteiger partial charge in [-0.2, -0.15) is 0 Å². The summed E-state index contributed by atoms with van der Waals surface area (Å²) in [5, 5.41) is 4.13. The monoisotopic (exact) mass is 403 g/mol. The van der Waals surface area contributed by atoms with Crippen LogP contribution in [0.5, 0.6) is 11.5 Å². The van der Waals surface area contributed by atoms with E-state index in [-0.39, 0.29) is 5.02 Å². The molecular weight excluding hydrogens is 381 g/mol. The fraction of sp³-hybridized carbons (Fsp3) is 0.286. The van der Waals surface area contributed by atoms with Gasteiger partial charge in [0.2, 0.25) is 0 Å². The number of ether oxygens (including phenoxy) is 2. The minimum atomic E-state index is -0.457. The number of hydrogen-bond acceptors (Lipinski definition) is 5. The summed E-state index contributed by atoms with van der Waals surface area (Å²) < 4.78 is 24.7. The Labute approximate surface area is 169 Å². The van der Waals surface area contributed by atoms with E-state index < -0.39 is 5.82 Å². The van der Waals surface area contributed by atoms with Crippen LogP contribution in [0.25, 0.3) is 10.9 Å². The Morgan fingerprint density at radius 3 is 2.64 bits per heavy atom. The molecule has 0 saturated heterocycles. The molecule has 0 aliphatic rings. The molecular formula is C21H23ClFN3O2. The zero-order valence-corrected chi connectivity index (χ0v) is 16.9. The first kappa shape index (κ1) is 20.2. The molecule has 1 aromatic heterocycles. The minimum absolute atomic E-state index is 0.0592. The van der Waals surface area contributed by atoms with E-state index in [0.29, 0.717) is 29.6 Å². The highest BCUT2D eigenvalue weighted by Crippen LogP contribution is 2.33. The van der Waals surface area contributed by atoms with Crippen LogP contribution >= 0.6 is 11.6 Å². The molecule has 0 radical (unpaired) electrons. The molecule has 2 aromatic carbocycles. The summed E-state index contributed by atoms with van der Waals surface area (Å²) in [6.07, 6.45) is 0.911. The van der Waals surface area contributed by atoms with Gasteiger partial charge in [0.05, 0.1) is 24.3 Å². The summed E-state index contributed by atoms with van der Waals surface area (Å²) in [6.45, 7) is 1.54. The molecule has 0 aliphatic heterocycles. The summed E-state index contributed by atoms with van der Waals surface area (Å²) in [4.78, 5) is 6.74. The van der Waals surface area contributed by atoms with Crippen LogP contribution in [0.2, 0.25) is 5.02 Å². The normalized spacial score (nSPS) is 11.1. The van der Waals surface area contributed by atoms with Crippen molar-refractivity contribution in [2.24, 2.45) is 0 Å². The predicted octanol–water partition coefficient (Wildman–Crippen LogP) is 5.11. The summed E-state index contributed by atoms with van der Waals surface area (Å²) in [6, 6.07) is 12.0. The molecule has 0 saturated carbocycles. The Kier molecular flexibility index (Phi) is 6.54. The maximum atomic E-state index is 13.3. The number of nitrogens with one attached hydrogen (secondary N) is 1. The van der Waals surface area contributed by atoms with E-state index in [1.807, 2.05) is 38.4 Å². The van der Waals surface area contributed by atoms with Crippen molar-refractivity contribution in [2.45, 2.75) is 6.42 Å². The molecule has 1 N–H and O–H groups in total. The maximum absolute atomic E-state index is 13.3. The average molecular weight is 404 g/mol. The van der Waals surface area contributed by atoms with Gasteiger partial charge in [0.15, 0.2) is 11.5 Å². The van der Waals surface area contributed by atoms with Crippen molar-refractivity contribution in [1.82, 2.24) is 9.88 Å². The van der Waals surface area contributed by atoms with Gasteiger partial charge in [0.25, 0.3) is 0 Å². The van der Waals surface area contributed by atoms with Crippen LogP contribution in [-0.2, 0) is 0 Å². The lowest BCUT2D eigenvalue weighted by molar-refractivity contribution is 0.268. The molecule has 3 aromatic rings. The van der Waals surface area contributed by atoms with Crippen LogP contribution in [0.4, 0.5) is 15.9 Å². The standard InChI is InChI=1S/C21H23ClFN3O2/c1-26(2)9-4-10-28-20-13-18-14(11-19(20)27-3)5-8-21(25-18)24-15-6-7-17(23)16(22)12-15/h5-8,11-13H,4,9-10H2,1-3H3,(H,24,25). The van der Waals surface area contributed by atoms with Crippen molar-refractivity contribution in [3.8, 4) is 11.5 Å². The molecule has 148 valence electrons. The quantitative estimate of drug-likeness (QED) is 0.529. The Hall–Kier alpha value is -2.57. The van der Waals surface area contributed by atoms with Gasteiger partial charge in [0, 0.05) is 23.7 Å². The average Bonchev–Trinajstić information content (AvgIpc) is 2.67. The lowest BCUT2D eigenvalue weighted by Gasteiger charge is -2.14. The fourth-order valence-electron chi connectivity index (χ4n) is 2.76. The molecule has 0 fully saturated rings. The second-order valence-corrected chi connectivity index (χ2v) is 7.06. The highest BCUT2D eigenvalue weighted by atomic mass is 35.5. The Morgan fingerprint density at radius 1 is 1.11 bits per heavy atom. The van der Waals surface area contributed by atoms with Gasteiger partial charge in [-0.1, -0.05) is 11.6 Å². The van der Waals surface area contributed by atoms with Gasteiger partial charge in [-0.05, 0) is 56.9 Å². The molecule has 3 rings (SSSR count). The number of hydrogen-bond donors (Lipinski definition) is 1. The molecule has 0 unspecified atom stereocenters. The number of anilines is 2. The van der Waals surface area contributed by atoms with Gasteiger partial charge in [-0.25, -0.2) is 9.37 Å². The van der Waals surface area contributed by atoms with E-state index in [9.17, 15) is 4.39 Å². The summed E-state index contributed by atoms with van der Waals surface area (Å²) >= 11 is 5.84. The summed E-state index contributed by atoms with van der Waals surface area (Å²) in [5.41, 5.74) is 1.42. The first-order valence-electron chi connectivity index (χ1n) is 8.94. The Morgan fingerprint density at radius 2 is 1.93 bits per heavy atom. The smallest absolute Gasteiger partial charge is 0.163 e. The fourth-order valence-corrected chi connectivity index (χ4v) is 2.94. The van der Waals surface area contributed by atoms with Crippen molar-refractivity contribution in [3.63, 3.8) is 0 Å². The number of pyridine rings is 1. The highest BCUT2D eigenvalue weighted by Gasteiger charge is 2.09. The first-order valence-corrected chi connectivity index (χ1v) is 9.32. The third-order valence-electron chi connectivity index (χ3n) is 4.17. The number of halogens is 2. The SMILES string of the molecule is COc1cc2ccc(Nc3ccc(F)c(Cl)c3)nc2cc1OCCCN(C)C. The van der Waals surface area contributed by atoms with Crippen LogP contribution < -0.4 is 14.8 Å². The number of nitrogens with zero attached hydrogens (tertiary/aromatic N) is 2. The number of fused-ring (bicyclic) bond motifs is 1. The molecule has 0 amide bonds. The largest absolute Gasteiger partial charge is 0.493 e. The second-order valence-electron chi connectivity index (χ2n) is 6.65. The van der Waals surface area contributed by atoms with Crippen LogP contribution in [-0.4, -0.2) is 44.2 Å². The third-order valence-corrected chi connectivity index (χ3v) is 4.46. The Bertz CT molecular complexity index is 966. The van der Waals surface area contributed by atoms with Crippen molar-refractivity contribution < 1.29 is 13.9 Å². The number of benzene rings is 2. The topological polar surface area (TPSA) is 46.6 Å². The van der Waals surface area contributed by atoms with Crippen LogP contribution in [0.1, 0.15) is 6.42 Å². The molecule has 5 nitrogen and oxygen atoms in total. The van der Waals surface area contributed by atoms with Crippen molar-refractivity contribution >= 4 is 34.0 Å². The van der Waals surface area contributed by atoms with Crippen molar-refractivity contribution in [1.29, 1.82) is 0 Å². The molecule has 28 heavy (non-hydrogen) atoms. The third kappa shape index (κ3) is 5.03. The van der Waals surface area contributed by atoms with E-state index in [4.69, 9.17) is 21.1 Å². The van der Waals surface area contributed by atoms with Gasteiger partial charge >= 0.3 is 0 Å². The molecule has 0 atom stereocenters. The van der Waals surface area contributed by atoms with Gasteiger partial charge in [-0.15, -0.1) is 0 Å². The molecule has 0 spiro atoms. The van der Waals surface area contributed by atoms with Gasteiger partial charge in [0.1, 0.15) is 11.6 Å². The lowest BCUT2D eigenvalue weighted by Crippen LogP contribution is -2.15. The predicted molar refractivity (Wildman–Crippen MR) is 112 cm³/mol. The van der Waals surface area contributed by atoms with E-state index in [1.165, 1.54) is 12.1 Å². The zero-order chi connectivity index (χ0) is 20.1. The second kappa shape index (κ2) is 9.08. The first-order chi connectivity index (χ1) is 13.5. The van der Waals surface area contributed by atoms with Gasteiger partial charge < -0.3 is 19.7 Å².